The highest BCUT2D eigenvalue weighted by molar-refractivity contribution is 6.39. The molecule has 0 unspecified atom stereocenters. The van der Waals surface area contributed by atoms with Gasteiger partial charge in [0.25, 0.3) is 0 Å². The Morgan fingerprint density at radius 2 is 1.62 bits per heavy atom. The van der Waals surface area contributed by atoms with Gasteiger partial charge in [0.2, 0.25) is 0 Å². The lowest BCUT2D eigenvalue weighted by Gasteiger charge is -2.07. The molecule has 0 saturated heterocycles. The number of amides is 2. The Hall–Kier alpha value is -2.95. The summed E-state index contributed by atoms with van der Waals surface area (Å²) in [5.74, 6) is -1.54. The van der Waals surface area contributed by atoms with Crippen molar-refractivity contribution in [1.29, 1.82) is 0 Å². The van der Waals surface area contributed by atoms with Crippen LogP contribution in [0.3, 0.4) is 0 Å². The summed E-state index contributed by atoms with van der Waals surface area (Å²) in [5, 5.41) is 6.66. The highest BCUT2D eigenvalue weighted by Gasteiger charge is 2.13. The van der Waals surface area contributed by atoms with E-state index >= 15 is 0 Å². The van der Waals surface area contributed by atoms with Crippen molar-refractivity contribution in [3.05, 3.63) is 65.7 Å². The number of hydrazone groups is 1. The molecule has 0 spiro atoms. The molecular formula is C19H21N3O2. The SMILES string of the molecule is CCC/C(=N/NC(=O)C(=O)Nc1ccc(C)cc1)c1ccccc1. The number of nitrogens with one attached hydrogen (secondary N) is 2. The molecule has 2 rings (SSSR count). The molecule has 2 aromatic rings. The van der Waals surface area contributed by atoms with Crippen LogP contribution in [0.25, 0.3) is 0 Å². The molecule has 0 aliphatic heterocycles. The third kappa shape index (κ3) is 5.05. The third-order valence-electron chi connectivity index (χ3n) is 3.40. The molecule has 0 saturated carbocycles. The van der Waals surface area contributed by atoms with Gasteiger partial charge in [0.1, 0.15) is 0 Å². The van der Waals surface area contributed by atoms with Gasteiger partial charge in [-0.15, -0.1) is 0 Å². The number of hydrogen-bond acceptors (Lipinski definition) is 3. The molecule has 2 amide bonds. The van der Waals surface area contributed by atoms with Crippen molar-refractivity contribution >= 4 is 23.2 Å². The molecule has 24 heavy (non-hydrogen) atoms. The van der Waals surface area contributed by atoms with Crippen molar-refractivity contribution in [2.24, 2.45) is 5.10 Å². The van der Waals surface area contributed by atoms with E-state index in [2.05, 4.69) is 15.8 Å². The molecule has 0 heterocycles. The van der Waals surface area contributed by atoms with Gasteiger partial charge in [-0.3, -0.25) is 9.59 Å². The van der Waals surface area contributed by atoms with Gasteiger partial charge < -0.3 is 5.32 Å². The summed E-state index contributed by atoms with van der Waals surface area (Å²) in [6, 6.07) is 16.8. The van der Waals surface area contributed by atoms with Gasteiger partial charge >= 0.3 is 11.8 Å². The van der Waals surface area contributed by atoms with Gasteiger partial charge in [-0.1, -0.05) is 61.4 Å². The fourth-order valence-electron chi connectivity index (χ4n) is 2.13. The van der Waals surface area contributed by atoms with Crippen LogP contribution in [0, 0.1) is 6.92 Å². The van der Waals surface area contributed by atoms with Crippen LogP contribution in [0.4, 0.5) is 5.69 Å². The average molecular weight is 323 g/mol. The quantitative estimate of drug-likeness (QED) is 0.504. The zero-order chi connectivity index (χ0) is 17.4. The van der Waals surface area contributed by atoms with E-state index < -0.39 is 11.8 Å². The lowest BCUT2D eigenvalue weighted by molar-refractivity contribution is -0.136. The van der Waals surface area contributed by atoms with Crippen LogP contribution in [-0.4, -0.2) is 17.5 Å². The Morgan fingerprint density at radius 3 is 2.25 bits per heavy atom. The largest absolute Gasteiger partial charge is 0.329 e. The minimum absolute atomic E-state index is 0.571. The summed E-state index contributed by atoms with van der Waals surface area (Å²) in [5.41, 5.74) is 5.66. The van der Waals surface area contributed by atoms with Crippen molar-refractivity contribution in [3.63, 3.8) is 0 Å². The average Bonchev–Trinajstić information content (AvgIpc) is 2.61. The molecule has 0 aromatic heterocycles. The Labute approximate surface area is 141 Å². The third-order valence-corrected chi connectivity index (χ3v) is 3.40. The van der Waals surface area contributed by atoms with E-state index in [1.807, 2.05) is 56.3 Å². The second-order valence-electron chi connectivity index (χ2n) is 5.44. The summed E-state index contributed by atoms with van der Waals surface area (Å²) in [7, 11) is 0. The molecule has 0 radical (unpaired) electrons. The van der Waals surface area contributed by atoms with Crippen molar-refractivity contribution in [2.45, 2.75) is 26.7 Å². The number of aryl methyl sites for hydroxylation is 1. The normalized spacial score (nSPS) is 11.0. The summed E-state index contributed by atoms with van der Waals surface area (Å²) in [6.45, 7) is 3.98. The van der Waals surface area contributed by atoms with E-state index in [-0.39, 0.29) is 0 Å². The molecule has 0 fully saturated rings. The predicted octanol–water partition coefficient (Wildman–Crippen LogP) is 3.25. The Morgan fingerprint density at radius 1 is 0.958 bits per heavy atom. The van der Waals surface area contributed by atoms with E-state index in [1.54, 1.807) is 12.1 Å². The number of carbonyl (C=O) groups is 2. The molecule has 2 aromatic carbocycles. The molecule has 5 nitrogen and oxygen atoms in total. The summed E-state index contributed by atoms with van der Waals surface area (Å²) in [4.78, 5) is 23.8. The van der Waals surface area contributed by atoms with E-state index in [9.17, 15) is 9.59 Å². The molecule has 5 heteroatoms. The fourth-order valence-corrected chi connectivity index (χ4v) is 2.13. The summed E-state index contributed by atoms with van der Waals surface area (Å²) < 4.78 is 0. The lowest BCUT2D eigenvalue weighted by atomic mass is 10.1. The first-order valence-corrected chi connectivity index (χ1v) is 7.90. The minimum atomic E-state index is -0.792. The Bertz CT molecular complexity index is 722. The van der Waals surface area contributed by atoms with Crippen molar-refractivity contribution < 1.29 is 9.59 Å². The van der Waals surface area contributed by atoms with Crippen LogP contribution in [0.5, 0.6) is 0 Å². The van der Waals surface area contributed by atoms with E-state index in [1.165, 1.54) is 0 Å². The molecular weight excluding hydrogens is 302 g/mol. The number of nitrogens with zero attached hydrogens (tertiary/aromatic N) is 1. The number of carbonyl (C=O) groups excluding carboxylic acids is 2. The maximum absolute atomic E-state index is 11.9. The monoisotopic (exact) mass is 323 g/mol. The maximum Gasteiger partial charge on any atom is 0.329 e. The first kappa shape index (κ1) is 17.4. The minimum Gasteiger partial charge on any atom is -0.318 e. The van der Waals surface area contributed by atoms with Crippen LogP contribution < -0.4 is 10.7 Å². The zero-order valence-electron chi connectivity index (χ0n) is 13.9. The predicted molar refractivity (Wildman–Crippen MR) is 95.8 cm³/mol. The van der Waals surface area contributed by atoms with Gasteiger partial charge in [0.15, 0.2) is 0 Å². The van der Waals surface area contributed by atoms with Crippen LogP contribution in [0.1, 0.15) is 30.9 Å². The van der Waals surface area contributed by atoms with Crippen molar-refractivity contribution in [2.75, 3.05) is 5.32 Å². The van der Waals surface area contributed by atoms with Crippen LogP contribution >= 0.6 is 0 Å². The van der Waals surface area contributed by atoms with E-state index in [0.29, 0.717) is 12.1 Å². The van der Waals surface area contributed by atoms with Gasteiger partial charge in [-0.25, -0.2) is 5.43 Å². The lowest BCUT2D eigenvalue weighted by Crippen LogP contribution is -2.33. The zero-order valence-corrected chi connectivity index (χ0v) is 13.9. The van der Waals surface area contributed by atoms with E-state index in [0.717, 1.165) is 23.3 Å². The van der Waals surface area contributed by atoms with Gasteiger partial charge in [-0.2, -0.15) is 5.10 Å². The van der Waals surface area contributed by atoms with Crippen LogP contribution in [-0.2, 0) is 9.59 Å². The summed E-state index contributed by atoms with van der Waals surface area (Å²) in [6.07, 6.45) is 1.60. The molecule has 0 aliphatic carbocycles. The summed E-state index contributed by atoms with van der Waals surface area (Å²) >= 11 is 0. The maximum atomic E-state index is 11.9. The first-order valence-electron chi connectivity index (χ1n) is 7.90. The molecule has 0 atom stereocenters. The first-order chi connectivity index (χ1) is 11.6. The molecule has 124 valence electrons. The molecule has 0 aliphatic rings. The molecule has 0 bridgehead atoms. The fraction of sp³-hybridized carbons (Fsp3) is 0.211. The Kier molecular flexibility index (Phi) is 6.25. The number of rotatable bonds is 5. The van der Waals surface area contributed by atoms with Crippen LogP contribution in [0.15, 0.2) is 59.7 Å². The number of anilines is 1. The smallest absolute Gasteiger partial charge is 0.318 e. The Balaban J connectivity index is 2.01. The highest BCUT2D eigenvalue weighted by atomic mass is 16.2. The molecule has 2 N–H and O–H groups in total. The van der Waals surface area contributed by atoms with Gasteiger partial charge in [-0.05, 0) is 31.0 Å². The number of benzene rings is 2. The van der Waals surface area contributed by atoms with Crippen molar-refractivity contribution in [3.8, 4) is 0 Å². The number of hydrogen-bond donors (Lipinski definition) is 2. The van der Waals surface area contributed by atoms with E-state index in [4.69, 9.17) is 0 Å². The standard InChI is InChI=1S/C19H21N3O2/c1-3-7-17(15-8-5-4-6-9-15)21-22-19(24)18(23)20-16-12-10-14(2)11-13-16/h4-6,8-13H,3,7H2,1-2H3,(H,20,23)(H,22,24)/b21-17-. The second kappa shape index (κ2) is 8.62. The van der Waals surface area contributed by atoms with Gasteiger partial charge in [0, 0.05) is 5.69 Å². The van der Waals surface area contributed by atoms with Crippen LogP contribution in [0.2, 0.25) is 0 Å². The van der Waals surface area contributed by atoms with Gasteiger partial charge in [0.05, 0.1) is 5.71 Å². The van der Waals surface area contributed by atoms with Crippen molar-refractivity contribution in [1.82, 2.24) is 5.43 Å². The topological polar surface area (TPSA) is 70.6 Å². The second-order valence-corrected chi connectivity index (χ2v) is 5.44. The highest BCUT2D eigenvalue weighted by Crippen LogP contribution is 2.08.